The van der Waals surface area contributed by atoms with Gasteiger partial charge in [-0.3, -0.25) is 14.7 Å². The van der Waals surface area contributed by atoms with E-state index in [1.165, 1.54) is 6.33 Å². The second-order valence-corrected chi connectivity index (χ2v) is 5.43. The Hall–Kier alpha value is -2.73. The van der Waals surface area contributed by atoms with Crippen molar-refractivity contribution in [3.63, 3.8) is 0 Å². The Morgan fingerprint density at radius 1 is 1.22 bits per heavy atom. The highest BCUT2D eigenvalue weighted by molar-refractivity contribution is 6.42. The number of aromatic amines is 1. The molecule has 116 valence electrons. The summed E-state index contributed by atoms with van der Waals surface area (Å²) >= 11 is 5.95. The fourth-order valence-electron chi connectivity index (χ4n) is 2.18. The van der Waals surface area contributed by atoms with Crippen LogP contribution in [0.4, 0.5) is 0 Å². The number of aromatic nitrogens is 3. The molecule has 0 atom stereocenters. The van der Waals surface area contributed by atoms with Crippen molar-refractivity contribution < 1.29 is 14.0 Å². The van der Waals surface area contributed by atoms with Crippen molar-refractivity contribution in [1.29, 1.82) is 0 Å². The van der Waals surface area contributed by atoms with E-state index in [1.54, 1.807) is 18.4 Å². The summed E-state index contributed by atoms with van der Waals surface area (Å²) in [5.41, 5.74) is 1.94. The predicted molar refractivity (Wildman–Crippen MR) is 82.4 cm³/mol. The summed E-state index contributed by atoms with van der Waals surface area (Å²) in [6.07, 6.45) is 3.27. The largest absolute Gasteiger partial charge is 0.469 e. The molecule has 7 heteroatoms. The highest BCUT2D eigenvalue weighted by Gasteiger charge is 2.20. The fourth-order valence-corrected chi connectivity index (χ4v) is 2.39. The average molecular weight is 330 g/mol. The van der Waals surface area contributed by atoms with E-state index in [0.717, 1.165) is 11.1 Å². The quantitative estimate of drug-likeness (QED) is 0.554. The first-order valence-electron chi connectivity index (χ1n) is 6.85. The van der Waals surface area contributed by atoms with Crippen molar-refractivity contribution >= 4 is 23.2 Å². The maximum absolute atomic E-state index is 11.9. The van der Waals surface area contributed by atoms with E-state index >= 15 is 0 Å². The van der Waals surface area contributed by atoms with Crippen LogP contribution in [0.3, 0.4) is 0 Å². The van der Waals surface area contributed by atoms with E-state index < -0.39 is 11.6 Å². The molecule has 0 aliphatic heterocycles. The van der Waals surface area contributed by atoms with Crippen LogP contribution in [0.25, 0.3) is 0 Å². The first-order chi connectivity index (χ1) is 11.1. The van der Waals surface area contributed by atoms with Crippen LogP contribution >= 0.6 is 11.6 Å². The number of H-pyrrole nitrogens is 1. The monoisotopic (exact) mass is 329 g/mol. The van der Waals surface area contributed by atoms with Gasteiger partial charge in [-0.05, 0) is 29.3 Å². The van der Waals surface area contributed by atoms with Crippen LogP contribution in [-0.2, 0) is 17.6 Å². The summed E-state index contributed by atoms with van der Waals surface area (Å²) in [5, 5.41) is 6.59. The lowest BCUT2D eigenvalue weighted by molar-refractivity contribution is -0.114. The molecular formula is C16H12ClN3O3. The summed E-state index contributed by atoms with van der Waals surface area (Å²) < 4.78 is 5.35. The second kappa shape index (κ2) is 6.58. The molecule has 3 aromatic rings. The minimum atomic E-state index is -0.713. The van der Waals surface area contributed by atoms with Gasteiger partial charge in [0.05, 0.1) is 12.7 Å². The first-order valence-corrected chi connectivity index (χ1v) is 7.23. The van der Waals surface area contributed by atoms with Gasteiger partial charge in [-0.2, -0.15) is 5.10 Å². The number of ketones is 2. The van der Waals surface area contributed by atoms with Crippen molar-refractivity contribution in [2.24, 2.45) is 0 Å². The van der Waals surface area contributed by atoms with E-state index in [-0.39, 0.29) is 12.2 Å². The number of hydrogen-bond acceptors (Lipinski definition) is 5. The number of nitrogens with zero attached hydrogens (tertiary/aromatic N) is 2. The third-order valence-corrected chi connectivity index (χ3v) is 3.46. The smallest absolute Gasteiger partial charge is 0.265 e. The number of Topliss-reactive ketones (excluding diaryl/α,β-unsaturated/α-hetero) is 2. The Labute approximate surface area is 136 Å². The lowest BCUT2D eigenvalue weighted by atomic mass is 10.1. The minimum absolute atomic E-state index is 0.0688. The maximum atomic E-state index is 11.9. The molecule has 1 N–H and O–H groups in total. The number of carbonyl (C=O) groups excluding carboxylic acids is 2. The van der Waals surface area contributed by atoms with Gasteiger partial charge in [0.25, 0.3) is 5.78 Å². The maximum Gasteiger partial charge on any atom is 0.265 e. The summed E-state index contributed by atoms with van der Waals surface area (Å²) in [5.74, 6) is -0.957. The molecule has 2 heterocycles. The van der Waals surface area contributed by atoms with Gasteiger partial charge >= 0.3 is 0 Å². The number of furan rings is 1. The van der Waals surface area contributed by atoms with Crippen molar-refractivity contribution in [2.45, 2.75) is 12.8 Å². The molecule has 0 amide bonds. The molecule has 0 fully saturated rings. The number of carbonyl (C=O) groups is 2. The molecule has 0 saturated carbocycles. The molecule has 1 aromatic carbocycles. The zero-order chi connectivity index (χ0) is 16.2. The zero-order valence-electron chi connectivity index (χ0n) is 12.0. The SMILES string of the molecule is O=C(Cc1cc(Cc2cccc(Cl)c2)co1)C(=O)c1ncn[nH]1. The molecule has 0 spiro atoms. The van der Waals surface area contributed by atoms with Crippen molar-refractivity contribution in [3.05, 3.63) is 70.7 Å². The third-order valence-electron chi connectivity index (χ3n) is 3.22. The van der Waals surface area contributed by atoms with Gasteiger partial charge in [0, 0.05) is 11.4 Å². The van der Waals surface area contributed by atoms with Crippen molar-refractivity contribution in [1.82, 2.24) is 15.2 Å². The van der Waals surface area contributed by atoms with Crippen LogP contribution < -0.4 is 0 Å². The molecule has 0 radical (unpaired) electrons. The molecule has 2 aromatic heterocycles. The summed E-state index contributed by atoms with van der Waals surface area (Å²) in [4.78, 5) is 27.4. The molecule has 0 bridgehead atoms. The van der Waals surface area contributed by atoms with Gasteiger partial charge in [-0.25, -0.2) is 4.98 Å². The second-order valence-electron chi connectivity index (χ2n) is 4.99. The van der Waals surface area contributed by atoms with Crippen molar-refractivity contribution in [3.8, 4) is 0 Å². The highest BCUT2D eigenvalue weighted by Crippen LogP contribution is 2.17. The zero-order valence-corrected chi connectivity index (χ0v) is 12.7. The number of hydrogen-bond donors (Lipinski definition) is 1. The van der Waals surface area contributed by atoms with E-state index in [2.05, 4.69) is 15.2 Å². The first kappa shape index (κ1) is 15.2. The summed E-state index contributed by atoms with van der Waals surface area (Å²) in [7, 11) is 0. The molecule has 6 nitrogen and oxygen atoms in total. The normalized spacial score (nSPS) is 10.7. The molecular weight excluding hydrogens is 318 g/mol. The topological polar surface area (TPSA) is 88.8 Å². The van der Waals surface area contributed by atoms with Crippen LogP contribution in [0.5, 0.6) is 0 Å². The van der Waals surface area contributed by atoms with E-state index in [4.69, 9.17) is 16.0 Å². The van der Waals surface area contributed by atoms with Crippen LogP contribution in [0.1, 0.15) is 27.5 Å². The van der Waals surface area contributed by atoms with Gasteiger partial charge in [0.1, 0.15) is 12.1 Å². The van der Waals surface area contributed by atoms with Crippen LogP contribution in [0.15, 0.2) is 47.3 Å². The molecule has 0 aliphatic rings. The number of nitrogens with one attached hydrogen (secondary N) is 1. The number of halogens is 1. The third kappa shape index (κ3) is 3.73. The average Bonchev–Trinajstić information content (AvgIpc) is 3.18. The van der Waals surface area contributed by atoms with Gasteiger partial charge in [-0.15, -0.1) is 0 Å². The van der Waals surface area contributed by atoms with Crippen LogP contribution in [0, 0.1) is 0 Å². The van der Waals surface area contributed by atoms with Gasteiger partial charge in [0.15, 0.2) is 5.82 Å². The Kier molecular flexibility index (Phi) is 4.34. The van der Waals surface area contributed by atoms with E-state index in [1.807, 2.05) is 18.2 Å². The lowest BCUT2D eigenvalue weighted by Crippen LogP contribution is -2.17. The predicted octanol–water partition coefficient (Wildman–Crippen LogP) is 2.64. The summed E-state index contributed by atoms with van der Waals surface area (Å²) in [6.45, 7) is 0. The number of benzene rings is 1. The Morgan fingerprint density at radius 2 is 2.09 bits per heavy atom. The Balaban J connectivity index is 1.65. The van der Waals surface area contributed by atoms with Gasteiger partial charge in [-0.1, -0.05) is 23.7 Å². The molecule has 0 aliphatic carbocycles. The molecule has 0 saturated heterocycles. The highest BCUT2D eigenvalue weighted by atomic mass is 35.5. The molecule has 0 unspecified atom stereocenters. The van der Waals surface area contributed by atoms with E-state index in [9.17, 15) is 9.59 Å². The standard InChI is InChI=1S/C16H12ClN3O3/c17-12-3-1-2-10(5-12)4-11-6-13(23-8-11)7-14(21)15(22)16-18-9-19-20-16/h1-3,5-6,8-9H,4,7H2,(H,18,19,20). The molecule has 23 heavy (non-hydrogen) atoms. The molecule has 3 rings (SSSR count). The van der Waals surface area contributed by atoms with Crippen molar-refractivity contribution in [2.75, 3.05) is 0 Å². The summed E-state index contributed by atoms with van der Waals surface area (Å²) in [6, 6.07) is 9.26. The number of rotatable bonds is 6. The van der Waals surface area contributed by atoms with Gasteiger partial charge < -0.3 is 4.42 Å². The minimum Gasteiger partial charge on any atom is -0.469 e. The van der Waals surface area contributed by atoms with Crippen LogP contribution in [0.2, 0.25) is 5.02 Å². The lowest BCUT2D eigenvalue weighted by Gasteiger charge is -1.98. The Morgan fingerprint density at radius 3 is 2.83 bits per heavy atom. The Bertz CT molecular complexity index is 840. The van der Waals surface area contributed by atoms with Gasteiger partial charge in [0.2, 0.25) is 5.78 Å². The fraction of sp³-hybridized carbons (Fsp3) is 0.125. The van der Waals surface area contributed by atoms with E-state index in [0.29, 0.717) is 17.2 Å². The van der Waals surface area contributed by atoms with Crippen LogP contribution in [-0.4, -0.2) is 26.7 Å².